The Hall–Kier alpha value is -3.14. The first-order valence-electron chi connectivity index (χ1n) is 7.44. The van der Waals surface area contributed by atoms with E-state index in [0.717, 1.165) is 32.8 Å². The smallest absolute Gasteiger partial charge is 0.264 e. The molecule has 2 heterocycles. The van der Waals surface area contributed by atoms with Gasteiger partial charge < -0.3 is 5.11 Å². The van der Waals surface area contributed by atoms with Gasteiger partial charge in [0.15, 0.2) is 0 Å². The highest BCUT2D eigenvalue weighted by atomic mass is 16.3. The monoisotopic (exact) mass is 300 g/mol. The van der Waals surface area contributed by atoms with E-state index < -0.39 is 0 Å². The molecule has 0 aliphatic carbocycles. The Morgan fingerprint density at radius 2 is 1.78 bits per heavy atom. The molecule has 110 valence electrons. The van der Waals surface area contributed by atoms with Crippen LogP contribution in [0.25, 0.3) is 38.2 Å². The Kier molecular flexibility index (Phi) is 2.15. The number of nitrogens with zero attached hydrogens (tertiary/aromatic N) is 2. The van der Waals surface area contributed by atoms with E-state index in [-0.39, 0.29) is 11.3 Å². The fourth-order valence-electron chi connectivity index (χ4n) is 3.50. The summed E-state index contributed by atoms with van der Waals surface area (Å²) in [6.07, 6.45) is 0. The molecule has 2 aromatic heterocycles. The Labute approximate surface area is 130 Å². The predicted molar refractivity (Wildman–Crippen MR) is 91.6 cm³/mol. The van der Waals surface area contributed by atoms with Crippen LogP contribution in [0.2, 0.25) is 0 Å². The number of imidazole rings is 1. The minimum Gasteiger partial charge on any atom is -0.508 e. The van der Waals surface area contributed by atoms with Crippen LogP contribution in [0.1, 0.15) is 5.56 Å². The molecule has 3 aromatic carbocycles. The van der Waals surface area contributed by atoms with Gasteiger partial charge in [-0.05, 0) is 42.1 Å². The van der Waals surface area contributed by atoms with Crippen molar-refractivity contribution in [3.05, 3.63) is 64.4 Å². The van der Waals surface area contributed by atoms with E-state index in [2.05, 4.69) is 4.98 Å². The molecule has 0 saturated carbocycles. The molecule has 5 aromatic rings. The van der Waals surface area contributed by atoms with E-state index >= 15 is 0 Å². The van der Waals surface area contributed by atoms with Crippen molar-refractivity contribution in [2.75, 3.05) is 0 Å². The second-order valence-electron chi connectivity index (χ2n) is 5.86. The normalized spacial score (nSPS) is 12.0. The van der Waals surface area contributed by atoms with Crippen molar-refractivity contribution in [3.8, 4) is 5.75 Å². The lowest BCUT2D eigenvalue weighted by Gasteiger charge is -2.10. The molecule has 0 atom stereocenters. The molecule has 4 nitrogen and oxygen atoms in total. The lowest BCUT2D eigenvalue weighted by atomic mass is 9.98. The zero-order chi connectivity index (χ0) is 15.7. The molecule has 0 fully saturated rings. The van der Waals surface area contributed by atoms with Crippen LogP contribution in [0.5, 0.6) is 5.75 Å². The molecule has 0 spiro atoms. The molecule has 23 heavy (non-hydrogen) atoms. The van der Waals surface area contributed by atoms with Gasteiger partial charge in [0.25, 0.3) is 5.56 Å². The molecular weight excluding hydrogens is 288 g/mol. The summed E-state index contributed by atoms with van der Waals surface area (Å²) >= 11 is 0. The molecule has 0 unspecified atom stereocenters. The van der Waals surface area contributed by atoms with Gasteiger partial charge in [-0.1, -0.05) is 24.3 Å². The van der Waals surface area contributed by atoms with Gasteiger partial charge in [0.2, 0.25) is 0 Å². The van der Waals surface area contributed by atoms with E-state index in [1.165, 1.54) is 0 Å². The SMILES string of the molecule is Cc1c(O)cc2c3c1cccc3c(=O)n1c3ccccc3nc21. The van der Waals surface area contributed by atoms with Crippen LogP contribution in [0.3, 0.4) is 0 Å². The second kappa shape index (κ2) is 3.98. The zero-order valence-corrected chi connectivity index (χ0v) is 12.4. The van der Waals surface area contributed by atoms with Crippen LogP contribution < -0.4 is 5.56 Å². The summed E-state index contributed by atoms with van der Waals surface area (Å²) in [6.45, 7) is 1.86. The number of hydrogen-bond acceptors (Lipinski definition) is 3. The van der Waals surface area contributed by atoms with Crippen molar-refractivity contribution in [2.45, 2.75) is 6.92 Å². The zero-order valence-electron chi connectivity index (χ0n) is 12.4. The molecule has 5 rings (SSSR count). The quantitative estimate of drug-likeness (QED) is 0.475. The number of rotatable bonds is 0. The van der Waals surface area contributed by atoms with Crippen LogP contribution in [-0.4, -0.2) is 14.5 Å². The van der Waals surface area contributed by atoms with Crippen molar-refractivity contribution in [2.24, 2.45) is 0 Å². The Morgan fingerprint density at radius 3 is 2.65 bits per heavy atom. The predicted octanol–water partition coefficient (Wildman–Crippen LogP) is 3.61. The van der Waals surface area contributed by atoms with Gasteiger partial charge in [0.05, 0.1) is 11.0 Å². The lowest BCUT2D eigenvalue weighted by Crippen LogP contribution is -2.13. The van der Waals surface area contributed by atoms with E-state index in [1.54, 1.807) is 10.5 Å². The molecular formula is C19H12N2O2. The lowest BCUT2D eigenvalue weighted by molar-refractivity contribution is 0.473. The van der Waals surface area contributed by atoms with Crippen molar-refractivity contribution in [3.63, 3.8) is 0 Å². The van der Waals surface area contributed by atoms with Crippen LogP contribution in [0.4, 0.5) is 0 Å². The minimum atomic E-state index is -0.0723. The van der Waals surface area contributed by atoms with E-state index in [9.17, 15) is 9.90 Å². The second-order valence-corrected chi connectivity index (χ2v) is 5.86. The Balaban J connectivity index is 2.25. The first-order chi connectivity index (χ1) is 11.2. The number of aromatic nitrogens is 2. The van der Waals surface area contributed by atoms with Gasteiger partial charge in [-0.3, -0.25) is 9.20 Å². The van der Waals surface area contributed by atoms with Crippen LogP contribution in [0.15, 0.2) is 53.3 Å². The number of hydrogen-bond donors (Lipinski definition) is 1. The molecule has 0 aliphatic rings. The highest BCUT2D eigenvalue weighted by molar-refractivity contribution is 6.17. The van der Waals surface area contributed by atoms with Gasteiger partial charge in [-0.15, -0.1) is 0 Å². The number of phenols is 1. The summed E-state index contributed by atoms with van der Waals surface area (Å²) in [4.78, 5) is 17.7. The standard InChI is InChI=1S/C19H12N2O2/c1-10-11-5-4-6-12-17(11)13(9-16(10)22)18-20-14-7-2-3-8-15(14)21(18)19(12)23/h2-9,22H,1H3. The van der Waals surface area contributed by atoms with Gasteiger partial charge in [-0.25, -0.2) is 4.98 Å². The number of aryl methyl sites for hydroxylation is 1. The maximum absolute atomic E-state index is 13.0. The number of fused-ring (bicyclic) bond motifs is 4. The molecule has 0 aliphatic heterocycles. The number of pyridine rings is 1. The third-order valence-electron chi connectivity index (χ3n) is 4.64. The number of para-hydroxylation sites is 2. The highest BCUT2D eigenvalue weighted by Gasteiger charge is 2.17. The van der Waals surface area contributed by atoms with Crippen molar-refractivity contribution in [1.29, 1.82) is 0 Å². The van der Waals surface area contributed by atoms with Crippen LogP contribution in [0, 0.1) is 6.92 Å². The Morgan fingerprint density at radius 1 is 1.00 bits per heavy atom. The van der Waals surface area contributed by atoms with Crippen LogP contribution in [-0.2, 0) is 0 Å². The molecule has 0 bridgehead atoms. The summed E-state index contributed by atoms with van der Waals surface area (Å²) < 4.78 is 1.64. The van der Waals surface area contributed by atoms with E-state index in [0.29, 0.717) is 11.0 Å². The molecule has 0 radical (unpaired) electrons. The third-order valence-corrected chi connectivity index (χ3v) is 4.64. The first-order valence-corrected chi connectivity index (χ1v) is 7.44. The number of aromatic hydroxyl groups is 1. The van der Waals surface area contributed by atoms with Crippen molar-refractivity contribution < 1.29 is 5.11 Å². The minimum absolute atomic E-state index is 0.0723. The van der Waals surface area contributed by atoms with Crippen molar-refractivity contribution >= 4 is 38.2 Å². The van der Waals surface area contributed by atoms with E-state index in [4.69, 9.17) is 0 Å². The summed E-state index contributed by atoms with van der Waals surface area (Å²) in [5.74, 6) is 0.220. The van der Waals surface area contributed by atoms with E-state index in [1.807, 2.05) is 49.4 Å². The topological polar surface area (TPSA) is 54.6 Å². The van der Waals surface area contributed by atoms with Gasteiger partial charge >= 0.3 is 0 Å². The van der Waals surface area contributed by atoms with Gasteiger partial charge in [0, 0.05) is 16.2 Å². The fourth-order valence-corrected chi connectivity index (χ4v) is 3.50. The average molecular weight is 300 g/mol. The fraction of sp³-hybridized carbons (Fsp3) is 0.0526. The molecule has 0 amide bonds. The summed E-state index contributed by atoms with van der Waals surface area (Å²) in [5, 5.41) is 13.5. The summed E-state index contributed by atoms with van der Waals surface area (Å²) in [6, 6.07) is 14.9. The van der Waals surface area contributed by atoms with Crippen LogP contribution >= 0.6 is 0 Å². The van der Waals surface area contributed by atoms with Gasteiger partial charge in [-0.2, -0.15) is 0 Å². The molecule has 0 saturated heterocycles. The maximum Gasteiger partial charge on any atom is 0.264 e. The third kappa shape index (κ3) is 1.40. The number of benzene rings is 3. The average Bonchev–Trinajstić information content (AvgIpc) is 2.96. The Bertz CT molecular complexity index is 1300. The van der Waals surface area contributed by atoms with Gasteiger partial charge in [0.1, 0.15) is 11.4 Å². The highest BCUT2D eigenvalue weighted by Crippen LogP contribution is 2.35. The molecule has 4 heteroatoms. The summed E-state index contributed by atoms with van der Waals surface area (Å²) in [7, 11) is 0. The maximum atomic E-state index is 13.0. The molecule has 1 N–H and O–H groups in total. The summed E-state index contributed by atoms with van der Waals surface area (Å²) in [5.41, 5.74) is 2.86. The first kappa shape index (κ1) is 12.4. The number of phenolic OH excluding ortho intramolecular Hbond substituents is 1. The largest absolute Gasteiger partial charge is 0.508 e. The van der Waals surface area contributed by atoms with Crippen molar-refractivity contribution in [1.82, 2.24) is 9.38 Å².